The summed E-state index contributed by atoms with van der Waals surface area (Å²) in [5.41, 5.74) is 4.51. The summed E-state index contributed by atoms with van der Waals surface area (Å²) < 4.78 is 0. The summed E-state index contributed by atoms with van der Waals surface area (Å²) in [5, 5.41) is 8.26. The average molecular weight is 359 g/mol. The fourth-order valence-corrected chi connectivity index (χ4v) is 3.88. The first kappa shape index (κ1) is 17.2. The average Bonchev–Trinajstić information content (AvgIpc) is 3.01. The lowest BCUT2D eigenvalue weighted by atomic mass is 9.88. The fraction of sp³-hybridized carbons (Fsp3) is 0.350. The van der Waals surface area contributed by atoms with Crippen molar-refractivity contribution in [3.05, 3.63) is 64.2 Å². The maximum absolute atomic E-state index is 6.20. The largest absolute Gasteiger partial charge is 0.353 e. The summed E-state index contributed by atoms with van der Waals surface area (Å²) in [7, 11) is 0. The second-order valence-corrected chi connectivity index (χ2v) is 7.51. The number of hydrogen-bond donors (Lipinski definition) is 2. The molecule has 0 amide bonds. The molecule has 0 saturated heterocycles. The van der Waals surface area contributed by atoms with Gasteiger partial charge in [0.25, 0.3) is 0 Å². The Bertz CT molecular complexity index is 734. The molecular weight excluding hydrogens is 336 g/mol. The van der Waals surface area contributed by atoms with E-state index in [4.69, 9.17) is 23.8 Å². The van der Waals surface area contributed by atoms with Crippen LogP contribution in [0.4, 0.5) is 5.69 Å². The van der Waals surface area contributed by atoms with Gasteiger partial charge in [-0.25, -0.2) is 0 Å². The minimum absolute atomic E-state index is 0.0632. The van der Waals surface area contributed by atoms with Crippen LogP contribution in [0.25, 0.3) is 0 Å². The van der Waals surface area contributed by atoms with Gasteiger partial charge in [-0.3, -0.25) is 0 Å². The minimum Gasteiger partial charge on any atom is -0.353 e. The molecule has 0 heterocycles. The molecule has 2 aromatic carbocycles. The predicted molar refractivity (Wildman–Crippen MR) is 107 cm³/mol. The molecular formula is C20H23ClN2S. The van der Waals surface area contributed by atoms with Crippen LogP contribution in [0.2, 0.25) is 5.02 Å². The van der Waals surface area contributed by atoms with Gasteiger partial charge in [0.15, 0.2) is 5.11 Å². The van der Waals surface area contributed by atoms with E-state index in [-0.39, 0.29) is 5.54 Å². The molecule has 2 nitrogen and oxygen atoms in total. The second kappa shape index (κ2) is 7.12. The van der Waals surface area contributed by atoms with Crippen molar-refractivity contribution in [1.82, 2.24) is 5.32 Å². The highest BCUT2D eigenvalue weighted by molar-refractivity contribution is 7.80. The molecule has 0 radical (unpaired) electrons. The third kappa shape index (κ3) is 3.73. The van der Waals surface area contributed by atoms with Crippen LogP contribution < -0.4 is 10.6 Å². The van der Waals surface area contributed by atoms with Gasteiger partial charge < -0.3 is 10.6 Å². The van der Waals surface area contributed by atoms with Gasteiger partial charge in [-0.1, -0.05) is 60.3 Å². The van der Waals surface area contributed by atoms with Crippen LogP contribution in [0, 0.1) is 13.8 Å². The molecule has 0 unspecified atom stereocenters. The fourth-order valence-electron chi connectivity index (χ4n) is 3.39. The Kier molecular flexibility index (Phi) is 5.12. The van der Waals surface area contributed by atoms with E-state index in [0.717, 1.165) is 29.1 Å². The summed E-state index contributed by atoms with van der Waals surface area (Å²) in [4.78, 5) is 0. The number of hydrogen-bond acceptors (Lipinski definition) is 1. The van der Waals surface area contributed by atoms with Crippen LogP contribution in [0.15, 0.2) is 42.5 Å². The molecule has 1 saturated carbocycles. The summed E-state index contributed by atoms with van der Waals surface area (Å²) >= 11 is 11.8. The van der Waals surface area contributed by atoms with Crippen molar-refractivity contribution in [2.24, 2.45) is 0 Å². The standard InChI is InChI=1S/C20H23ClN2S/c1-14-5-8-16(9-6-14)20(11-3-4-12-20)23-19(24)22-17-10-7-15(2)18(21)13-17/h5-10,13H,3-4,11-12H2,1-2H3,(H2,22,23,24). The lowest BCUT2D eigenvalue weighted by Gasteiger charge is -2.32. The maximum atomic E-state index is 6.20. The van der Waals surface area contributed by atoms with E-state index >= 15 is 0 Å². The molecule has 1 aliphatic carbocycles. The van der Waals surface area contributed by atoms with E-state index in [1.807, 2.05) is 25.1 Å². The number of anilines is 1. The molecule has 1 fully saturated rings. The molecule has 0 bridgehead atoms. The highest BCUT2D eigenvalue weighted by Gasteiger charge is 2.36. The number of thiocarbonyl (C=S) groups is 1. The Balaban J connectivity index is 1.76. The minimum atomic E-state index is -0.0632. The lowest BCUT2D eigenvalue weighted by molar-refractivity contribution is 0.408. The molecule has 4 heteroatoms. The van der Waals surface area contributed by atoms with Gasteiger partial charge in [0.2, 0.25) is 0 Å². The van der Waals surface area contributed by atoms with E-state index in [1.54, 1.807) is 0 Å². The highest BCUT2D eigenvalue weighted by Crippen LogP contribution is 2.39. The van der Waals surface area contributed by atoms with Gasteiger partial charge in [-0.05, 0) is 62.2 Å². The molecule has 126 valence electrons. The summed E-state index contributed by atoms with van der Waals surface area (Å²) in [6.45, 7) is 4.11. The summed E-state index contributed by atoms with van der Waals surface area (Å²) in [5.74, 6) is 0. The summed E-state index contributed by atoms with van der Waals surface area (Å²) in [6, 6.07) is 14.7. The van der Waals surface area contributed by atoms with Gasteiger partial charge in [0.1, 0.15) is 0 Å². The SMILES string of the molecule is Cc1ccc(C2(NC(=S)Nc3ccc(C)c(Cl)c3)CCCC2)cc1. The highest BCUT2D eigenvalue weighted by atomic mass is 35.5. The molecule has 2 N–H and O–H groups in total. The second-order valence-electron chi connectivity index (χ2n) is 6.70. The van der Waals surface area contributed by atoms with Crippen LogP contribution in [-0.2, 0) is 5.54 Å². The Labute approximate surface area is 154 Å². The molecule has 0 spiro atoms. The first-order valence-corrected chi connectivity index (χ1v) is 9.20. The van der Waals surface area contributed by atoms with Crippen LogP contribution in [-0.4, -0.2) is 5.11 Å². The number of nitrogens with one attached hydrogen (secondary N) is 2. The number of halogens is 1. The van der Waals surface area contributed by atoms with Crippen molar-refractivity contribution in [2.75, 3.05) is 5.32 Å². The van der Waals surface area contributed by atoms with E-state index < -0.39 is 0 Å². The van der Waals surface area contributed by atoms with Crippen LogP contribution in [0.3, 0.4) is 0 Å². The van der Waals surface area contributed by atoms with Crippen LogP contribution in [0.5, 0.6) is 0 Å². The quantitative estimate of drug-likeness (QED) is 0.687. The van der Waals surface area contributed by atoms with E-state index in [9.17, 15) is 0 Å². The van der Waals surface area contributed by atoms with Gasteiger partial charge in [-0.2, -0.15) is 0 Å². The zero-order valence-corrected chi connectivity index (χ0v) is 15.7. The van der Waals surface area contributed by atoms with Crippen molar-refractivity contribution in [2.45, 2.75) is 45.1 Å². The Morgan fingerprint density at radius 1 is 1.04 bits per heavy atom. The normalized spacial score (nSPS) is 16.0. The van der Waals surface area contributed by atoms with E-state index in [0.29, 0.717) is 5.11 Å². The smallest absolute Gasteiger partial charge is 0.171 e. The summed E-state index contributed by atoms with van der Waals surface area (Å²) in [6.07, 6.45) is 4.65. The molecule has 1 aliphatic rings. The van der Waals surface area contributed by atoms with Crippen molar-refractivity contribution < 1.29 is 0 Å². The van der Waals surface area contributed by atoms with E-state index in [1.165, 1.54) is 24.0 Å². The Morgan fingerprint density at radius 2 is 1.71 bits per heavy atom. The van der Waals surface area contributed by atoms with Crippen molar-refractivity contribution in [3.63, 3.8) is 0 Å². The predicted octanol–water partition coefficient (Wildman–Crippen LogP) is 5.71. The number of benzene rings is 2. The van der Waals surface area contributed by atoms with Crippen molar-refractivity contribution >= 4 is 34.6 Å². The van der Waals surface area contributed by atoms with Crippen LogP contribution in [0.1, 0.15) is 42.4 Å². The van der Waals surface area contributed by atoms with Gasteiger partial charge in [-0.15, -0.1) is 0 Å². The monoisotopic (exact) mass is 358 g/mol. The molecule has 24 heavy (non-hydrogen) atoms. The third-order valence-electron chi connectivity index (χ3n) is 4.84. The van der Waals surface area contributed by atoms with Crippen LogP contribution >= 0.6 is 23.8 Å². The molecule has 3 rings (SSSR count). The first-order valence-electron chi connectivity index (χ1n) is 8.41. The molecule has 0 aromatic heterocycles. The molecule has 0 aliphatic heterocycles. The Morgan fingerprint density at radius 3 is 2.33 bits per heavy atom. The van der Waals surface area contributed by atoms with E-state index in [2.05, 4.69) is 41.8 Å². The first-order chi connectivity index (χ1) is 11.5. The van der Waals surface area contributed by atoms with Gasteiger partial charge in [0.05, 0.1) is 5.54 Å². The Hall–Kier alpha value is -1.58. The van der Waals surface area contributed by atoms with Gasteiger partial charge >= 0.3 is 0 Å². The third-order valence-corrected chi connectivity index (χ3v) is 5.46. The maximum Gasteiger partial charge on any atom is 0.171 e. The van der Waals surface area contributed by atoms with Crippen molar-refractivity contribution in [1.29, 1.82) is 0 Å². The number of aryl methyl sites for hydroxylation is 2. The molecule has 0 atom stereocenters. The number of rotatable bonds is 3. The zero-order valence-electron chi connectivity index (χ0n) is 14.2. The lowest BCUT2D eigenvalue weighted by Crippen LogP contribution is -2.45. The van der Waals surface area contributed by atoms with Gasteiger partial charge in [0, 0.05) is 10.7 Å². The topological polar surface area (TPSA) is 24.1 Å². The van der Waals surface area contributed by atoms with Crippen molar-refractivity contribution in [3.8, 4) is 0 Å². The zero-order chi connectivity index (χ0) is 17.2. The molecule has 2 aromatic rings.